The quantitative estimate of drug-likeness (QED) is 0.898. The van der Waals surface area contributed by atoms with Gasteiger partial charge in [0.15, 0.2) is 0 Å². The van der Waals surface area contributed by atoms with Crippen LogP contribution < -0.4 is 5.32 Å². The van der Waals surface area contributed by atoms with E-state index in [0.29, 0.717) is 25.9 Å². The number of carbonyl (C=O) groups excluding carboxylic acids is 2. The Morgan fingerprint density at radius 1 is 1.30 bits per heavy atom. The van der Waals surface area contributed by atoms with Gasteiger partial charge in [0, 0.05) is 26.1 Å². The van der Waals surface area contributed by atoms with Gasteiger partial charge in [0.05, 0.1) is 5.56 Å². The maximum atomic E-state index is 13.7. The minimum Gasteiger partial charge on any atom is -0.349 e. The van der Waals surface area contributed by atoms with Gasteiger partial charge in [0.2, 0.25) is 5.91 Å². The van der Waals surface area contributed by atoms with Crippen LogP contribution in [0.1, 0.15) is 35.7 Å². The van der Waals surface area contributed by atoms with Gasteiger partial charge in [0.1, 0.15) is 5.82 Å². The molecule has 1 N–H and O–H groups in total. The molecule has 1 aliphatic rings. The van der Waals surface area contributed by atoms with Crippen LogP contribution in [0.15, 0.2) is 18.2 Å². The molecule has 0 spiro atoms. The highest BCUT2D eigenvalue weighted by atomic mass is 19.1. The van der Waals surface area contributed by atoms with Crippen LogP contribution in [0.25, 0.3) is 0 Å². The van der Waals surface area contributed by atoms with E-state index in [2.05, 4.69) is 5.32 Å². The number of likely N-dealkylation sites (tertiary alicyclic amines) is 1. The predicted octanol–water partition coefficient (Wildman–Crippen LogP) is 1.87. The van der Waals surface area contributed by atoms with Gasteiger partial charge in [-0.15, -0.1) is 0 Å². The van der Waals surface area contributed by atoms with Crippen molar-refractivity contribution in [3.8, 4) is 0 Å². The van der Waals surface area contributed by atoms with Gasteiger partial charge in [-0.2, -0.15) is 0 Å². The van der Waals surface area contributed by atoms with E-state index < -0.39 is 5.82 Å². The minimum atomic E-state index is -0.497. The molecular formula is C15H19FN2O2. The number of carbonyl (C=O) groups is 2. The Morgan fingerprint density at radius 3 is 2.50 bits per heavy atom. The van der Waals surface area contributed by atoms with Crippen LogP contribution in [0.4, 0.5) is 4.39 Å². The highest BCUT2D eigenvalue weighted by Gasteiger charge is 2.23. The lowest BCUT2D eigenvalue weighted by atomic mass is 10.0. The fourth-order valence-electron chi connectivity index (χ4n) is 2.41. The van der Waals surface area contributed by atoms with Crippen molar-refractivity contribution in [2.75, 3.05) is 13.1 Å². The van der Waals surface area contributed by atoms with Gasteiger partial charge in [0.25, 0.3) is 5.91 Å². The Bertz CT molecular complexity index is 523. The smallest absolute Gasteiger partial charge is 0.254 e. The third-order valence-electron chi connectivity index (χ3n) is 3.64. The zero-order chi connectivity index (χ0) is 14.7. The van der Waals surface area contributed by atoms with Gasteiger partial charge in [-0.05, 0) is 37.5 Å². The summed E-state index contributed by atoms with van der Waals surface area (Å²) in [4.78, 5) is 25.0. The van der Waals surface area contributed by atoms with Crippen molar-refractivity contribution in [2.24, 2.45) is 0 Å². The first-order valence-corrected chi connectivity index (χ1v) is 6.80. The Kier molecular flexibility index (Phi) is 4.37. The maximum Gasteiger partial charge on any atom is 0.254 e. The molecule has 0 bridgehead atoms. The van der Waals surface area contributed by atoms with Crippen molar-refractivity contribution in [3.05, 3.63) is 35.1 Å². The summed E-state index contributed by atoms with van der Waals surface area (Å²) in [5.74, 6) is -0.827. The zero-order valence-corrected chi connectivity index (χ0v) is 11.8. The molecule has 1 heterocycles. The zero-order valence-electron chi connectivity index (χ0n) is 11.8. The van der Waals surface area contributed by atoms with Gasteiger partial charge in [-0.1, -0.05) is 6.07 Å². The molecule has 1 aromatic rings. The van der Waals surface area contributed by atoms with Crippen molar-refractivity contribution in [2.45, 2.75) is 32.7 Å². The van der Waals surface area contributed by atoms with Gasteiger partial charge in [-0.3, -0.25) is 9.59 Å². The number of hydrogen-bond donors (Lipinski definition) is 1. The number of piperidine rings is 1. The second-order valence-corrected chi connectivity index (χ2v) is 5.24. The largest absolute Gasteiger partial charge is 0.349 e. The van der Waals surface area contributed by atoms with Crippen LogP contribution in [-0.2, 0) is 4.79 Å². The molecule has 0 aliphatic carbocycles. The molecule has 5 heteroatoms. The first-order valence-electron chi connectivity index (χ1n) is 6.80. The maximum absolute atomic E-state index is 13.7. The Hall–Kier alpha value is -1.91. The van der Waals surface area contributed by atoms with E-state index >= 15 is 0 Å². The molecule has 4 nitrogen and oxygen atoms in total. The summed E-state index contributed by atoms with van der Waals surface area (Å²) in [6.45, 7) is 4.59. The lowest BCUT2D eigenvalue weighted by molar-refractivity contribution is -0.129. The third kappa shape index (κ3) is 3.35. The van der Waals surface area contributed by atoms with E-state index in [0.717, 1.165) is 5.56 Å². The average Bonchev–Trinajstić information content (AvgIpc) is 2.39. The Labute approximate surface area is 118 Å². The fourth-order valence-corrected chi connectivity index (χ4v) is 2.41. The summed E-state index contributed by atoms with van der Waals surface area (Å²) in [6.07, 6.45) is 1.41. The predicted molar refractivity (Wildman–Crippen MR) is 73.9 cm³/mol. The van der Waals surface area contributed by atoms with Crippen molar-refractivity contribution < 1.29 is 14.0 Å². The monoisotopic (exact) mass is 278 g/mol. The summed E-state index contributed by atoms with van der Waals surface area (Å²) in [5.41, 5.74) is 0.860. The Balaban J connectivity index is 1.94. The first kappa shape index (κ1) is 14.5. The second-order valence-electron chi connectivity index (χ2n) is 5.24. The van der Waals surface area contributed by atoms with E-state index in [4.69, 9.17) is 0 Å². The molecule has 20 heavy (non-hydrogen) atoms. The minimum absolute atomic E-state index is 0.00111. The van der Waals surface area contributed by atoms with Crippen molar-refractivity contribution in [1.29, 1.82) is 0 Å². The van der Waals surface area contributed by atoms with Crippen LogP contribution in [0.3, 0.4) is 0 Å². The SMILES string of the molecule is CC(=O)N1CCC(NC(=O)c2ccc(C)cc2F)CC1. The molecule has 2 amide bonds. The van der Waals surface area contributed by atoms with Gasteiger partial charge < -0.3 is 10.2 Å². The number of benzene rings is 1. The lowest BCUT2D eigenvalue weighted by Gasteiger charge is -2.31. The van der Waals surface area contributed by atoms with Crippen LogP contribution in [0.5, 0.6) is 0 Å². The van der Waals surface area contributed by atoms with Crippen LogP contribution in [0, 0.1) is 12.7 Å². The fraction of sp³-hybridized carbons (Fsp3) is 0.467. The normalized spacial score (nSPS) is 16.1. The number of aryl methyl sites for hydroxylation is 1. The van der Waals surface area contributed by atoms with E-state index in [-0.39, 0.29) is 23.4 Å². The highest BCUT2D eigenvalue weighted by Crippen LogP contribution is 2.13. The molecule has 0 atom stereocenters. The first-order chi connectivity index (χ1) is 9.47. The topological polar surface area (TPSA) is 49.4 Å². The molecular weight excluding hydrogens is 259 g/mol. The molecule has 1 aliphatic heterocycles. The molecule has 1 fully saturated rings. The van der Waals surface area contributed by atoms with E-state index in [1.165, 1.54) is 12.1 Å². The molecule has 108 valence electrons. The molecule has 2 rings (SSSR count). The number of nitrogens with one attached hydrogen (secondary N) is 1. The summed E-state index contributed by atoms with van der Waals surface area (Å²) in [6, 6.07) is 4.58. The van der Waals surface area contributed by atoms with Crippen molar-refractivity contribution in [1.82, 2.24) is 10.2 Å². The van der Waals surface area contributed by atoms with Gasteiger partial charge >= 0.3 is 0 Å². The van der Waals surface area contributed by atoms with Crippen LogP contribution in [-0.4, -0.2) is 35.8 Å². The average molecular weight is 278 g/mol. The number of hydrogen-bond acceptors (Lipinski definition) is 2. The molecule has 0 saturated carbocycles. The van der Waals surface area contributed by atoms with Crippen molar-refractivity contribution >= 4 is 11.8 Å². The highest BCUT2D eigenvalue weighted by molar-refractivity contribution is 5.94. The van der Waals surface area contributed by atoms with Crippen LogP contribution in [0.2, 0.25) is 0 Å². The molecule has 0 unspecified atom stereocenters. The Morgan fingerprint density at radius 2 is 1.95 bits per heavy atom. The summed E-state index contributed by atoms with van der Waals surface area (Å²) >= 11 is 0. The molecule has 0 aromatic heterocycles. The molecule has 0 radical (unpaired) electrons. The van der Waals surface area contributed by atoms with Gasteiger partial charge in [-0.25, -0.2) is 4.39 Å². The number of halogens is 1. The lowest BCUT2D eigenvalue weighted by Crippen LogP contribution is -2.46. The van der Waals surface area contributed by atoms with Crippen LogP contribution >= 0.6 is 0 Å². The summed E-state index contributed by atoms with van der Waals surface area (Å²) in [5, 5.41) is 2.84. The number of rotatable bonds is 2. The standard InChI is InChI=1S/C15H19FN2O2/c1-10-3-4-13(14(16)9-10)15(20)17-12-5-7-18(8-6-12)11(2)19/h3-4,9,12H,5-8H2,1-2H3,(H,17,20). The van der Waals surface area contributed by atoms with E-state index in [1.54, 1.807) is 24.8 Å². The second kappa shape index (κ2) is 6.03. The third-order valence-corrected chi connectivity index (χ3v) is 3.64. The van der Waals surface area contributed by atoms with E-state index in [9.17, 15) is 14.0 Å². The molecule has 1 aromatic carbocycles. The summed E-state index contributed by atoms with van der Waals surface area (Å²) < 4.78 is 13.7. The summed E-state index contributed by atoms with van der Waals surface area (Å²) in [7, 11) is 0. The number of nitrogens with zero attached hydrogens (tertiary/aromatic N) is 1. The van der Waals surface area contributed by atoms with E-state index in [1.807, 2.05) is 0 Å². The molecule has 1 saturated heterocycles. The van der Waals surface area contributed by atoms with Crippen molar-refractivity contribution in [3.63, 3.8) is 0 Å². The number of amides is 2.